The molecule has 1 aliphatic rings. The first kappa shape index (κ1) is 12.9. The van der Waals surface area contributed by atoms with Crippen molar-refractivity contribution in [3.05, 3.63) is 22.2 Å². The van der Waals surface area contributed by atoms with Crippen LogP contribution in [-0.2, 0) is 4.74 Å². The van der Waals surface area contributed by atoms with Gasteiger partial charge in [0, 0.05) is 0 Å². The molecule has 94 valence electrons. The fourth-order valence-electron chi connectivity index (χ4n) is 1.67. The summed E-state index contributed by atoms with van der Waals surface area (Å²) in [5.41, 5.74) is 0.179. The van der Waals surface area contributed by atoms with E-state index in [1.165, 1.54) is 6.20 Å². The van der Waals surface area contributed by atoms with Gasteiger partial charge in [0.2, 0.25) is 0 Å². The van der Waals surface area contributed by atoms with Crippen LogP contribution >= 0.6 is 23.2 Å². The fraction of sp³-hybridized carbons (Fsp3) is 0.556. The standard InChI is InChI=1S/C9H10Cl2N2O4/c10-4-1-12-5(9(11)13-4)8-7(16)6(15)3(2-14)17-8/h1,3,6-8,14-16H,2H2. The number of ether oxygens (including phenoxy) is 1. The van der Waals surface area contributed by atoms with Gasteiger partial charge in [0.1, 0.15) is 35.3 Å². The highest BCUT2D eigenvalue weighted by atomic mass is 35.5. The molecule has 6 nitrogen and oxygen atoms in total. The zero-order valence-electron chi connectivity index (χ0n) is 8.49. The van der Waals surface area contributed by atoms with Crippen LogP contribution in [0, 0.1) is 0 Å². The summed E-state index contributed by atoms with van der Waals surface area (Å²) in [6.45, 7) is -0.409. The Labute approximate surface area is 107 Å². The van der Waals surface area contributed by atoms with Crippen LogP contribution in [0.25, 0.3) is 0 Å². The van der Waals surface area contributed by atoms with Crippen molar-refractivity contribution in [1.82, 2.24) is 9.97 Å². The van der Waals surface area contributed by atoms with Gasteiger partial charge in [-0.2, -0.15) is 0 Å². The Hall–Kier alpha value is -0.500. The van der Waals surface area contributed by atoms with Gasteiger partial charge in [-0.15, -0.1) is 0 Å². The molecule has 4 atom stereocenters. The van der Waals surface area contributed by atoms with Crippen LogP contribution in [0.15, 0.2) is 6.20 Å². The minimum Gasteiger partial charge on any atom is -0.394 e. The molecule has 0 saturated carbocycles. The van der Waals surface area contributed by atoms with Crippen molar-refractivity contribution in [2.24, 2.45) is 0 Å². The van der Waals surface area contributed by atoms with E-state index in [2.05, 4.69) is 9.97 Å². The molecule has 0 amide bonds. The van der Waals surface area contributed by atoms with E-state index in [0.29, 0.717) is 0 Å². The van der Waals surface area contributed by atoms with Crippen LogP contribution in [-0.4, -0.2) is 50.2 Å². The second-order valence-electron chi connectivity index (χ2n) is 3.63. The molecule has 0 bridgehead atoms. The molecule has 1 aromatic heterocycles. The fourth-order valence-corrected chi connectivity index (χ4v) is 2.10. The van der Waals surface area contributed by atoms with E-state index in [1.54, 1.807) is 0 Å². The van der Waals surface area contributed by atoms with Crippen molar-refractivity contribution < 1.29 is 20.1 Å². The molecule has 17 heavy (non-hydrogen) atoms. The second-order valence-corrected chi connectivity index (χ2v) is 4.37. The third-order valence-corrected chi connectivity index (χ3v) is 3.00. The van der Waals surface area contributed by atoms with Gasteiger partial charge in [0.05, 0.1) is 12.8 Å². The third kappa shape index (κ3) is 2.37. The maximum atomic E-state index is 9.76. The molecule has 1 saturated heterocycles. The normalized spacial score (nSPS) is 33.0. The van der Waals surface area contributed by atoms with Crippen molar-refractivity contribution in [3.63, 3.8) is 0 Å². The maximum absolute atomic E-state index is 9.76. The number of aromatic nitrogens is 2. The predicted molar refractivity (Wildman–Crippen MR) is 58.8 cm³/mol. The first-order chi connectivity index (χ1) is 8.04. The molecule has 8 heteroatoms. The molecular weight excluding hydrogens is 271 g/mol. The molecule has 0 spiro atoms. The first-order valence-electron chi connectivity index (χ1n) is 4.85. The van der Waals surface area contributed by atoms with Gasteiger partial charge in [0.25, 0.3) is 0 Å². The van der Waals surface area contributed by atoms with Gasteiger partial charge in [-0.05, 0) is 0 Å². The lowest BCUT2D eigenvalue weighted by molar-refractivity contribution is -0.0240. The van der Waals surface area contributed by atoms with Gasteiger partial charge < -0.3 is 20.1 Å². The summed E-state index contributed by atoms with van der Waals surface area (Å²) in [6.07, 6.45) is -2.96. The van der Waals surface area contributed by atoms with E-state index < -0.39 is 31.0 Å². The lowest BCUT2D eigenvalue weighted by Crippen LogP contribution is -2.32. The van der Waals surface area contributed by atoms with Crippen molar-refractivity contribution in [2.75, 3.05) is 6.61 Å². The van der Waals surface area contributed by atoms with E-state index in [-0.39, 0.29) is 16.0 Å². The number of hydrogen-bond acceptors (Lipinski definition) is 6. The summed E-state index contributed by atoms with van der Waals surface area (Å²) in [7, 11) is 0. The number of aliphatic hydroxyl groups is 3. The van der Waals surface area contributed by atoms with Gasteiger partial charge in [-0.3, -0.25) is 4.98 Å². The highest BCUT2D eigenvalue weighted by Crippen LogP contribution is 2.35. The maximum Gasteiger partial charge on any atom is 0.155 e. The number of aliphatic hydroxyl groups excluding tert-OH is 3. The average molecular weight is 281 g/mol. The third-order valence-electron chi connectivity index (χ3n) is 2.54. The van der Waals surface area contributed by atoms with Gasteiger partial charge in [0.15, 0.2) is 5.15 Å². The number of rotatable bonds is 2. The van der Waals surface area contributed by atoms with Crippen LogP contribution < -0.4 is 0 Å². The Morgan fingerprint density at radius 1 is 1.29 bits per heavy atom. The average Bonchev–Trinajstić information content (AvgIpc) is 2.57. The van der Waals surface area contributed by atoms with E-state index in [4.69, 9.17) is 33.0 Å². The van der Waals surface area contributed by atoms with Crippen LogP contribution in [0.2, 0.25) is 10.3 Å². The zero-order chi connectivity index (χ0) is 12.6. The minimum atomic E-state index is -1.22. The molecule has 2 rings (SSSR count). The highest BCUT2D eigenvalue weighted by Gasteiger charge is 2.44. The summed E-state index contributed by atoms with van der Waals surface area (Å²) < 4.78 is 5.26. The second kappa shape index (κ2) is 5.01. The van der Waals surface area contributed by atoms with Gasteiger partial charge >= 0.3 is 0 Å². The summed E-state index contributed by atoms with van der Waals surface area (Å²) in [5, 5.41) is 28.4. The molecule has 4 unspecified atom stereocenters. The Morgan fingerprint density at radius 3 is 2.53 bits per heavy atom. The predicted octanol–water partition coefficient (Wildman–Crippen LogP) is -0.0626. The largest absolute Gasteiger partial charge is 0.394 e. The lowest BCUT2D eigenvalue weighted by atomic mass is 10.1. The molecule has 0 aliphatic carbocycles. The van der Waals surface area contributed by atoms with Gasteiger partial charge in [-0.1, -0.05) is 23.2 Å². The molecule has 0 aromatic carbocycles. The van der Waals surface area contributed by atoms with Crippen molar-refractivity contribution in [2.45, 2.75) is 24.4 Å². The van der Waals surface area contributed by atoms with Crippen molar-refractivity contribution in [1.29, 1.82) is 0 Å². The van der Waals surface area contributed by atoms with E-state index in [0.717, 1.165) is 0 Å². The molecular formula is C9H10Cl2N2O4. The van der Waals surface area contributed by atoms with Crippen LogP contribution in [0.3, 0.4) is 0 Å². The Morgan fingerprint density at radius 2 is 2.00 bits per heavy atom. The molecule has 1 aliphatic heterocycles. The van der Waals surface area contributed by atoms with E-state index >= 15 is 0 Å². The van der Waals surface area contributed by atoms with Crippen LogP contribution in [0.1, 0.15) is 11.8 Å². The number of halogens is 2. The molecule has 3 N–H and O–H groups in total. The SMILES string of the molecule is OCC1OC(c2ncc(Cl)nc2Cl)C(O)C1O. The van der Waals surface area contributed by atoms with E-state index in [9.17, 15) is 10.2 Å². The van der Waals surface area contributed by atoms with Crippen LogP contribution in [0.4, 0.5) is 0 Å². The Balaban J connectivity index is 2.29. The molecule has 1 aromatic rings. The Bertz CT molecular complexity index is 420. The Kier molecular flexibility index (Phi) is 3.82. The summed E-state index contributed by atoms with van der Waals surface area (Å²) >= 11 is 11.4. The first-order valence-corrected chi connectivity index (χ1v) is 5.60. The monoisotopic (exact) mass is 280 g/mol. The minimum absolute atomic E-state index is 0.00709. The van der Waals surface area contributed by atoms with Crippen molar-refractivity contribution in [3.8, 4) is 0 Å². The van der Waals surface area contributed by atoms with Crippen LogP contribution in [0.5, 0.6) is 0 Å². The number of hydrogen-bond donors (Lipinski definition) is 3. The van der Waals surface area contributed by atoms with E-state index in [1.807, 2.05) is 0 Å². The molecule has 1 fully saturated rings. The molecule has 2 heterocycles. The number of nitrogens with zero attached hydrogens (tertiary/aromatic N) is 2. The summed E-state index contributed by atoms with van der Waals surface area (Å²) in [4.78, 5) is 7.67. The smallest absolute Gasteiger partial charge is 0.155 e. The topological polar surface area (TPSA) is 95.7 Å². The summed E-state index contributed by atoms with van der Waals surface area (Å²) in [5.74, 6) is 0. The zero-order valence-corrected chi connectivity index (χ0v) is 10.0. The molecule has 0 radical (unpaired) electrons. The quantitative estimate of drug-likeness (QED) is 0.702. The lowest BCUT2D eigenvalue weighted by Gasteiger charge is -2.14. The van der Waals surface area contributed by atoms with Gasteiger partial charge in [-0.25, -0.2) is 4.98 Å². The highest BCUT2D eigenvalue weighted by molar-refractivity contribution is 6.32. The van der Waals surface area contributed by atoms with Crippen molar-refractivity contribution >= 4 is 23.2 Å². The summed E-state index contributed by atoms with van der Waals surface area (Å²) in [6, 6.07) is 0.